The Bertz CT molecular complexity index is 254. The minimum absolute atomic E-state index is 0.136. The third-order valence-electron chi connectivity index (χ3n) is 2.25. The zero-order valence-electron chi connectivity index (χ0n) is 8.46. The van der Waals surface area contributed by atoms with Crippen molar-refractivity contribution in [3.05, 3.63) is 21.4 Å². The molecule has 0 atom stereocenters. The number of rotatable bonds is 4. The number of hydrogen-bond acceptors (Lipinski definition) is 3. The maximum absolute atomic E-state index is 10.7. The third-order valence-corrected chi connectivity index (χ3v) is 2.25. The van der Waals surface area contributed by atoms with Crippen molar-refractivity contribution in [1.82, 2.24) is 0 Å². The summed E-state index contributed by atoms with van der Waals surface area (Å²) in [6.07, 6.45) is 1.08. The van der Waals surface area contributed by atoms with Gasteiger partial charge in [-0.3, -0.25) is 10.1 Å². The first-order chi connectivity index (χ1) is 5.86. The molecule has 0 aromatic rings. The van der Waals surface area contributed by atoms with Crippen LogP contribution in [-0.2, 0) is 4.79 Å². The summed E-state index contributed by atoms with van der Waals surface area (Å²) in [5, 5.41) is 10.6. The van der Waals surface area contributed by atoms with E-state index in [0.717, 1.165) is 6.29 Å². The molecule has 0 radical (unpaired) electrons. The first-order valence-electron chi connectivity index (χ1n) is 4.17. The van der Waals surface area contributed by atoms with Gasteiger partial charge in [0.25, 0.3) is 0 Å². The van der Waals surface area contributed by atoms with Crippen molar-refractivity contribution in [1.29, 1.82) is 0 Å². The molecule has 0 rings (SSSR count). The lowest BCUT2D eigenvalue weighted by molar-refractivity contribution is -0.429. The van der Waals surface area contributed by atoms with Gasteiger partial charge in [0.1, 0.15) is 6.29 Å². The van der Waals surface area contributed by atoms with Gasteiger partial charge in [-0.15, -0.1) is 0 Å². The fourth-order valence-corrected chi connectivity index (χ4v) is 0.991. The van der Waals surface area contributed by atoms with Gasteiger partial charge in [0, 0.05) is 17.4 Å². The first kappa shape index (κ1) is 11.8. The summed E-state index contributed by atoms with van der Waals surface area (Å²) in [5.74, 6) is 0. The molecule has 0 heterocycles. The number of carbonyl (C=O) groups excluding carboxylic acids is 1. The number of allylic oxidation sites excluding steroid dienone is 2. The van der Waals surface area contributed by atoms with E-state index in [9.17, 15) is 14.9 Å². The maximum Gasteiger partial charge on any atom is 0.245 e. The largest absolute Gasteiger partial charge is 0.302 e. The summed E-state index contributed by atoms with van der Waals surface area (Å²) in [7, 11) is 0. The molecule has 0 unspecified atom stereocenters. The summed E-state index contributed by atoms with van der Waals surface area (Å²) >= 11 is 0. The molecule has 0 N–H and O–H groups in total. The molecule has 0 amide bonds. The number of nitro groups is 1. The second-order valence-electron chi connectivity index (χ2n) is 3.52. The molecule has 0 spiro atoms. The summed E-state index contributed by atoms with van der Waals surface area (Å²) in [5.41, 5.74) is -0.0644. The van der Waals surface area contributed by atoms with Crippen LogP contribution in [0, 0.1) is 15.5 Å². The lowest BCUT2D eigenvalue weighted by atomic mass is 9.85. The normalized spacial score (nSPS) is 13.5. The number of aldehydes is 1. The van der Waals surface area contributed by atoms with Crippen molar-refractivity contribution in [3.8, 4) is 0 Å². The molecule has 0 saturated carbocycles. The molecule has 0 saturated heterocycles. The van der Waals surface area contributed by atoms with Crippen LogP contribution >= 0.6 is 0 Å². The van der Waals surface area contributed by atoms with Gasteiger partial charge in [0.15, 0.2) is 0 Å². The Morgan fingerprint density at radius 3 is 2.23 bits per heavy atom. The molecule has 0 aliphatic rings. The monoisotopic (exact) mass is 185 g/mol. The quantitative estimate of drug-likeness (QED) is 0.383. The van der Waals surface area contributed by atoms with Crippen LogP contribution in [0.3, 0.4) is 0 Å². The van der Waals surface area contributed by atoms with E-state index < -0.39 is 10.3 Å². The second kappa shape index (κ2) is 4.16. The minimum Gasteiger partial charge on any atom is -0.302 e. The van der Waals surface area contributed by atoms with Crippen molar-refractivity contribution in [2.24, 2.45) is 5.41 Å². The molecular weight excluding hydrogens is 170 g/mol. The Morgan fingerprint density at radius 1 is 1.54 bits per heavy atom. The van der Waals surface area contributed by atoms with E-state index in [1.165, 1.54) is 0 Å². The Labute approximate surface area is 77.8 Å². The van der Waals surface area contributed by atoms with Crippen molar-refractivity contribution >= 4 is 6.29 Å². The average molecular weight is 185 g/mol. The van der Waals surface area contributed by atoms with Crippen LogP contribution in [0.4, 0.5) is 0 Å². The van der Waals surface area contributed by atoms with Crippen molar-refractivity contribution in [2.75, 3.05) is 0 Å². The van der Waals surface area contributed by atoms with Gasteiger partial charge >= 0.3 is 0 Å². The van der Waals surface area contributed by atoms with Crippen LogP contribution in [0.25, 0.3) is 0 Å². The molecule has 74 valence electrons. The number of carbonyl (C=O) groups is 1. The molecular formula is C9H15NO3. The lowest BCUT2D eigenvalue weighted by Gasteiger charge is -2.17. The molecule has 0 aromatic carbocycles. The first-order valence-corrected chi connectivity index (χ1v) is 4.17. The molecule has 0 fully saturated rings. The van der Waals surface area contributed by atoms with Gasteiger partial charge in [-0.05, 0) is 20.8 Å². The Kier molecular flexibility index (Phi) is 3.78. The van der Waals surface area contributed by atoms with Crippen molar-refractivity contribution in [3.63, 3.8) is 0 Å². The van der Waals surface area contributed by atoms with E-state index >= 15 is 0 Å². The molecule has 0 bridgehead atoms. The predicted octanol–water partition coefficient (Wildman–Crippen LogP) is 2.17. The fourth-order valence-electron chi connectivity index (χ4n) is 0.991. The molecule has 13 heavy (non-hydrogen) atoms. The zero-order chi connectivity index (χ0) is 10.6. The summed E-state index contributed by atoms with van der Waals surface area (Å²) in [6, 6.07) is 0. The van der Waals surface area contributed by atoms with Gasteiger partial charge in [-0.2, -0.15) is 0 Å². The molecule has 0 aliphatic heterocycles. The highest BCUT2D eigenvalue weighted by atomic mass is 16.6. The minimum atomic E-state index is -0.738. The van der Waals surface area contributed by atoms with Gasteiger partial charge in [-0.25, -0.2) is 0 Å². The smallest absolute Gasteiger partial charge is 0.245 e. The zero-order valence-corrected chi connectivity index (χ0v) is 8.46. The SMILES string of the molecule is CC/C(=C(\C)C(C)(C)C=O)[N+](=O)[O-]. The standard InChI is InChI=1S/C9H15NO3/c1-5-8(10(12)13)7(2)9(3,4)6-11/h6H,5H2,1-4H3/b8-7-. The Morgan fingerprint density at radius 2 is 2.00 bits per heavy atom. The predicted molar refractivity (Wildman–Crippen MR) is 49.8 cm³/mol. The summed E-state index contributed by atoms with van der Waals surface area (Å²) < 4.78 is 0. The van der Waals surface area contributed by atoms with Crippen LogP contribution in [0.15, 0.2) is 11.3 Å². The second-order valence-corrected chi connectivity index (χ2v) is 3.52. The van der Waals surface area contributed by atoms with Gasteiger partial charge < -0.3 is 4.79 Å². The summed E-state index contributed by atoms with van der Waals surface area (Å²) in [4.78, 5) is 20.8. The molecule has 4 nitrogen and oxygen atoms in total. The van der Waals surface area contributed by atoms with E-state index in [-0.39, 0.29) is 5.70 Å². The molecule has 0 aliphatic carbocycles. The lowest BCUT2D eigenvalue weighted by Crippen LogP contribution is -2.18. The van der Waals surface area contributed by atoms with Crippen molar-refractivity contribution in [2.45, 2.75) is 34.1 Å². The van der Waals surface area contributed by atoms with E-state index in [2.05, 4.69) is 0 Å². The van der Waals surface area contributed by atoms with E-state index in [1.807, 2.05) is 0 Å². The molecule has 0 aromatic heterocycles. The number of hydrogen-bond donors (Lipinski definition) is 0. The third kappa shape index (κ3) is 2.65. The van der Waals surface area contributed by atoms with Crippen LogP contribution in [0.1, 0.15) is 34.1 Å². The highest BCUT2D eigenvalue weighted by Gasteiger charge is 2.26. The van der Waals surface area contributed by atoms with E-state index in [4.69, 9.17) is 0 Å². The Hall–Kier alpha value is -1.19. The molecule has 4 heteroatoms. The van der Waals surface area contributed by atoms with Gasteiger partial charge in [0.05, 0.1) is 4.92 Å². The summed E-state index contributed by atoms with van der Waals surface area (Å²) in [6.45, 7) is 6.70. The highest BCUT2D eigenvalue weighted by molar-refractivity contribution is 5.63. The van der Waals surface area contributed by atoms with E-state index in [1.54, 1.807) is 27.7 Å². The van der Waals surface area contributed by atoms with Crippen LogP contribution in [0.2, 0.25) is 0 Å². The van der Waals surface area contributed by atoms with Gasteiger partial charge in [0.2, 0.25) is 5.70 Å². The maximum atomic E-state index is 10.7. The average Bonchev–Trinajstić information content (AvgIpc) is 2.05. The highest BCUT2D eigenvalue weighted by Crippen LogP contribution is 2.27. The Balaban J connectivity index is 5.19. The number of nitrogens with zero attached hydrogens (tertiary/aromatic N) is 1. The fraction of sp³-hybridized carbons (Fsp3) is 0.667. The topological polar surface area (TPSA) is 60.2 Å². The van der Waals surface area contributed by atoms with Gasteiger partial charge in [-0.1, -0.05) is 6.92 Å². The van der Waals surface area contributed by atoms with Crippen LogP contribution < -0.4 is 0 Å². The van der Waals surface area contributed by atoms with Crippen molar-refractivity contribution < 1.29 is 9.72 Å². The van der Waals surface area contributed by atoms with Crippen LogP contribution in [0.5, 0.6) is 0 Å². The van der Waals surface area contributed by atoms with E-state index in [0.29, 0.717) is 12.0 Å². The van der Waals surface area contributed by atoms with Crippen LogP contribution in [-0.4, -0.2) is 11.2 Å².